The summed E-state index contributed by atoms with van der Waals surface area (Å²) in [5, 5.41) is 5.96. The van der Waals surface area contributed by atoms with E-state index in [4.69, 9.17) is 0 Å². The largest absolute Gasteiger partial charge is 0.434 e. The van der Waals surface area contributed by atoms with Gasteiger partial charge in [0.2, 0.25) is 5.78 Å². The van der Waals surface area contributed by atoms with Crippen LogP contribution in [0, 0.1) is 6.92 Å². The van der Waals surface area contributed by atoms with Crippen LogP contribution in [-0.4, -0.2) is 24.6 Å². The van der Waals surface area contributed by atoms with Gasteiger partial charge in [-0.1, -0.05) is 0 Å². The first-order chi connectivity index (χ1) is 9.38. The SMILES string of the molecule is Cc1cn2c(=O)c(-c3cn[nH]c3)c(C(F)(F)F)nc2[nH]1. The summed E-state index contributed by atoms with van der Waals surface area (Å²) in [7, 11) is 0. The van der Waals surface area contributed by atoms with E-state index in [1.54, 1.807) is 6.92 Å². The van der Waals surface area contributed by atoms with Gasteiger partial charge in [0.25, 0.3) is 5.56 Å². The highest BCUT2D eigenvalue weighted by Gasteiger charge is 2.38. The first-order valence-electron chi connectivity index (χ1n) is 5.56. The van der Waals surface area contributed by atoms with Gasteiger partial charge in [-0.05, 0) is 6.92 Å². The number of halogens is 3. The van der Waals surface area contributed by atoms with Crippen molar-refractivity contribution in [2.45, 2.75) is 13.1 Å². The summed E-state index contributed by atoms with van der Waals surface area (Å²) in [6.07, 6.45) is -0.965. The molecule has 0 saturated heterocycles. The monoisotopic (exact) mass is 283 g/mol. The molecule has 0 aliphatic heterocycles. The molecular weight excluding hydrogens is 275 g/mol. The van der Waals surface area contributed by atoms with E-state index in [0.29, 0.717) is 5.69 Å². The van der Waals surface area contributed by atoms with Crippen LogP contribution in [0.2, 0.25) is 0 Å². The van der Waals surface area contributed by atoms with Crippen LogP contribution in [0.1, 0.15) is 11.4 Å². The average Bonchev–Trinajstić information content (AvgIpc) is 2.96. The third kappa shape index (κ3) is 1.78. The van der Waals surface area contributed by atoms with E-state index in [2.05, 4.69) is 20.2 Å². The Kier molecular flexibility index (Phi) is 2.46. The molecule has 6 nitrogen and oxygen atoms in total. The summed E-state index contributed by atoms with van der Waals surface area (Å²) >= 11 is 0. The maximum absolute atomic E-state index is 13.1. The fraction of sp³-hybridized carbons (Fsp3) is 0.182. The minimum atomic E-state index is -4.74. The lowest BCUT2D eigenvalue weighted by atomic mass is 10.1. The lowest BCUT2D eigenvalue weighted by Gasteiger charge is -2.10. The quantitative estimate of drug-likeness (QED) is 0.714. The smallest absolute Gasteiger partial charge is 0.328 e. The fourth-order valence-electron chi connectivity index (χ4n) is 2.00. The molecule has 0 aromatic carbocycles. The Labute approximate surface area is 109 Å². The summed E-state index contributed by atoms with van der Waals surface area (Å²) in [5.74, 6) is -0.146. The summed E-state index contributed by atoms with van der Waals surface area (Å²) < 4.78 is 40.3. The molecule has 0 atom stereocenters. The number of aromatic nitrogens is 5. The van der Waals surface area contributed by atoms with Gasteiger partial charge >= 0.3 is 6.18 Å². The Morgan fingerprint density at radius 1 is 1.35 bits per heavy atom. The van der Waals surface area contributed by atoms with Crippen molar-refractivity contribution in [1.82, 2.24) is 24.6 Å². The molecule has 0 spiro atoms. The summed E-state index contributed by atoms with van der Waals surface area (Å²) in [6, 6.07) is 0. The van der Waals surface area contributed by atoms with Crippen LogP contribution in [0.5, 0.6) is 0 Å². The number of aromatic amines is 2. The van der Waals surface area contributed by atoms with Gasteiger partial charge in [0.05, 0.1) is 11.8 Å². The van der Waals surface area contributed by atoms with E-state index in [-0.39, 0.29) is 11.3 Å². The first kappa shape index (κ1) is 12.5. The van der Waals surface area contributed by atoms with Crippen molar-refractivity contribution >= 4 is 5.78 Å². The predicted octanol–water partition coefficient (Wildman–Crippen LogP) is 1.74. The van der Waals surface area contributed by atoms with Crippen molar-refractivity contribution in [3.05, 3.63) is 40.3 Å². The van der Waals surface area contributed by atoms with Crippen LogP contribution in [0.25, 0.3) is 16.9 Å². The Hall–Kier alpha value is -2.58. The highest BCUT2D eigenvalue weighted by Crippen LogP contribution is 2.33. The van der Waals surface area contributed by atoms with Crippen molar-refractivity contribution in [3.8, 4) is 11.1 Å². The lowest BCUT2D eigenvalue weighted by molar-refractivity contribution is -0.140. The number of hydrogen-bond donors (Lipinski definition) is 2. The molecule has 0 bridgehead atoms. The van der Waals surface area contributed by atoms with E-state index in [1.165, 1.54) is 12.4 Å². The Balaban J connectivity index is 2.46. The number of nitrogens with one attached hydrogen (secondary N) is 2. The molecule has 3 aromatic rings. The molecule has 3 rings (SSSR count). The summed E-state index contributed by atoms with van der Waals surface area (Å²) in [6.45, 7) is 1.62. The summed E-state index contributed by atoms with van der Waals surface area (Å²) in [4.78, 5) is 18.4. The van der Waals surface area contributed by atoms with E-state index in [0.717, 1.165) is 10.6 Å². The number of fused-ring (bicyclic) bond motifs is 1. The Morgan fingerprint density at radius 2 is 2.10 bits per heavy atom. The molecule has 0 aliphatic rings. The van der Waals surface area contributed by atoms with Crippen LogP contribution in [0.4, 0.5) is 13.2 Å². The number of nitrogens with zero attached hydrogens (tertiary/aromatic N) is 3. The van der Waals surface area contributed by atoms with Crippen LogP contribution in [0.3, 0.4) is 0 Å². The van der Waals surface area contributed by atoms with Gasteiger partial charge in [0.1, 0.15) is 0 Å². The zero-order valence-corrected chi connectivity index (χ0v) is 10.1. The van der Waals surface area contributed by atoms with Gasteiger partial charge < -0.3 is 4.98 Å². The highest BCUT2D eigenvalue weighted by molar-refractivity contribution is 5.65. The van der Waals surface area contributed by atoms with Crippen molar-refractivity contribution in [2.24, 2.45) is 0 Å². The second-order valence-corrected chi connectivity index (χ2v) is 4.26. The van der Waals surface area contributed by atoms with E-state index in [9.17, 15) is 18.0 Å². The van der Waals surface area contributed by atoms with Crippen molar-refractivity contribution in [1.29, 1.82) is 0 Å². The Bertz CT molecular complexity index is 828. The minimum Gasteiger partial charge on any atom is -0.328 e. The molecule has 0 aliphatic carbocycles. The van der Waals surface area contributed by atoms with E-state index >= 15 is 0 Å². The number of alkyl halides is 3. The predicted molar refractivity (Wildman–Crippen MR) is 63.1 cm³/mol. The zero-order valence-electron chi connectivity index (χ0n) is 10.1. The molecule has 0 amide bonds. The molecular formula is C11H8F3N5O. The van der Waals surface area contributed by atoms with Gasteiger partial charge in [-0.2, -0.15) is 18.3 Å². The van der Waals surface area contributed by atoms with Crippen LogP contribution in [0.15, 0.2) is 23.4 Å². The Morgan fingerprint density at radius 3 is 2.70 bits per heavy atom. The minimum absolute atomic E-state index is 0.0445. The third-order valence-electron chi connectivity index (χ3n) is 2.80. The maximum atomic E-state index is 13.1. The number of aryl methyl sites for hydroxylation is 1. The molecule has 20 heavy (non-hydrogen) atoms. The van der Waals surface area contributed by atoms with Crippen LogP contribution >= 0.6 is 0 Å². The lowest BCUT2D eigenvalue weighted by Crippen LogP contribution is -2.23. The maximum Gasteiger partial charge on any atom is 0.434 e. The number of imidazole rings is 1. The van der Waals surface area contributed by atoms with Crippen molar-refractivity contribution in [2.75, 3.05) is 0 Å². The van der Waals surface area contributed by atoms with Gasteiger partial charge in [0.15, 0.2) is 5.69 Å². The number of hydrogen-bond acceptors (Lipinski definition) is 3. The molecule has 104 valence electrons. The van der Waals surface area contributed by atoms with Crippen LogP contribution < -0.4 is 5.56 Å². The zero-order chi connectivity index (χ0) is 14.5. The van der Waals surface area contributed by atoms with Gasteiger partial charge in [-0.15, -0.1) is 0 Å². The topological polar surface area (TPSA) is 78.8 Å². The van der Waals surface area contributed by atoms with Crippen LogP contribution in [-0.2, 0) is 6.18 Å². The van der Waals surface area contributed by atoms with E-state index in [1.807, 2.05) is 0 Å². The molecule has 2 N–H and O–H groups in total. The van der Waals surface area contributed by atoms with Crippen molar-refractivity contribution < 1.29 is 13.2 Å². The van der Waals surface area contributed by atoms with Gasteiger partial charge in [-0.3, -0.25) is 14.3 Å². The second-order valence-electron chi connectivity index (χ2n) is 4.26. The fourth-order valence-corrected chi connectivity index (χ4v) is 2.00. The highest BCUT2D eigenvalue weighted by atomic mass is 19.4. The molecule has 0 unspecified atom stereocenters. The second kappa shape index (κ2) is 3.95. The molecule has 3 aromatic heterocycles. The van der Waals surface area contributed by atoms with E-state index < -0.39 is 23.0 Å². The molecule has 3 heterocycles. The average molecular weight is 283 g/mol. The molecule has 9 heteroatoms. The normalized spacial score (nSPS) is 12.2. The van der Waals surface area contributed by atoms with Gasteiger partial charge in [-0.25, -0.2) is 4.98 Å². The molecule has 0 radical (unpaired) electrons. The summed E-state index contributed by atoms with van der Waals surface area (Å²) in [5.41, 5.74) is -1.98. The standard InChI is InChI=1S/C11H8F3N5O/c1-5-4-19-9(20)7(6-2-15-16-3-6)8(11(12,13)14)18-10(19)17-5/h2-4H,1H3,(H,15,16)(H,17,18). The van der Waals surface area contributed by atoms with Crippen molar-refractivity contribution in [3.63, 3.8) is 0 Å². The molecule has 0 saturated carbocycles. The number of rotatable bonds is 1. The molecule has 0 fully saturated rings. The van der Waals surface area contributed by atoms with Gasteiger partial charge in [0, 0.05) is 23.7 Å². The first-order valence-corrected chi connectivity index (χ1v) is 5.56. The number of H-pyrrole nitrogens is 2. The third-order valence-corrected chi connectivity index (χ3v) is 2.80.